The van der Waals surface area contributed by atoms with Crippen molar-refractivity contribution in [2.75, 3.05) is 33.3 Å². The van der Waals surface area contributed by atoms with E-state index in [-0.39, 0.29) is 23.1 Å². The van der Waals surface area contributed by atoms with Crippen LogP contribution in [0.25, 0.3) is 0 Å². The third-order valence-electron chi connectivity index (χ3n) is 4.52. The molecule has 3 rings (SSSR count). The van der Waals surface area contributed by atoms with E-state index in [1.165, 1.54) is 12.1 Å². The topological polar surface area (TPSA) is 95.6 Å². The van der Waals surface area contributed by atoms with Gasteiger partial charge < -0.3 is 14.5 Å². The molecular formula is C19H22N4O4. The van der Waals surface area contributed by atoms with Crippen molar-refractivity contribution < 1.29 is 14.3 Å². The summed E-state index contributed by atoms with van der Waals surface area (Å²) < 4.78 is 5.19. The van der Waals surface area contributed by atoms with Crippen LogP contribution in [0.5, 0.6) is 5.75 Å². The molecule has 1 aliphatic rings. The smallest absolute Gasteiger partial charge is 0.274 e. The van der Waals surface area contributed by atoms with Gasteiger partial charge in [0.25, 0.3) is 11.5 Å². The van der Waals surface area contributed by atoms with Crippen LogP contribution >= 0.6 is 0 Å². The molecule has 0 spiro atoms. The second kappa shape index (κ2) is 8.48. The number of hydrogen-bond acceptors (Lipinski definition) is 5. The number of benzene rings is 1. The molecule has 1 aromatic heterocycles. The second-order valence-electron chi connectivity index (χ2n) is 6.36. The molecule has 1 saturated heterocycles. The molecule has 8 nitrogen and oxygen atoms in total. The Hall–Kier alpha value is -3.16. The monoisotopic (exact) mass is 370 g/mol. The third kappa shape index (κ3) is 4.72. The molecule has 8 heteroatoms. The Morgan fingerprint density at radius 2 is 1.89 bits per heavy atom. The largest absolute Gasteiger partial charge is 0.497 e. The molecule has 2 aromatic rings. The zero-order valence-electron chi connectivity index (χ0n) is 15.2. The van der Waals surface area contributed by atoms with Gasteiger partial charge in [0.2, 0.25) is 5.91 Å². The summed E-state index contributed by atoms with van der Waals surface area (Å²) in [5.41, 5.74) is 0.747. The molecule has 2 amide bonds. The van der Waals surface area contributed by atoms with E-state index >= 15 is 0 Å². The Morgan fingerprint density at radius 1 is 1.11 bits per heavy atom. The lowest BCUT2D eigenvalue weighted by atomic mass is 10.1. The summed E-state index contributed by atoms with van der Waals surface area (Å²) >= 11 is 0. The fraction of sp³-hybridized carbons (Fsp3) is 0.368. The fourth-order valence-corrected chi connectivity index (χ4v) is 3.06. The SMILES string of the molecule is COc1cccc(CC(=O)N2CCCN(C(=O)c3ccc(=O)[nH]n3)CC2)c1. The molecule has 1 N–H and O–H groups in total. The highest BCUT2D eigenvalue weighted by Crippen LogP contribution is 2.15. The van der Waals surface area contributed by atoms with Gasteiger partial charge >= 0.3 is 0 Å². The second-order valence-corrected chi connectivity index (χ2v) is 6.36. The van der Waals surface area contributed by atoms with Crippen LogP contribution < -0.4 is 10.3 Å². The lowest BCUT2D eigenvalue weighted by molar-refractivity contribution is -0.130. The Bertz CT molecular complexity index is 860. The van der Waals surface area contributed by atoms with Crippen molar-refractivity contribution in [2.45, 2.75) is 12.8 Å². The minimum atomic E-state index is -0.350. The van der Waals surface area contributed by atoms with Crippen LogP contribution in [0.1, 0.15) is 22.5 Å². The Balaban J connectivity index is 1.60. The van der Waals surface area contributed by atoms with Crippen LogP contribution in [0.3, 0.4) is 0 Å². The number of nitrogens with one attached hydrogen (secondary N) is 1. The fourth-order valence-electron chi connectivity index (χ4n) is 3.06. The molecule has 0 atom stereocenters. The minimum absolute atomic E-state index is 0.0275. The van der Waals surface area contributed by atoms with Crippen molar-refractivity contribution in [3.8, 4) is 5.75 Å². The van der Waals surface area contributed by atoms with E-state index in [9.17, 15) is 14.4 Å². The number of hydrogen-bond donors (Lipinski definition) is 1. The summed E-state index contributed by atoms with van der Waals surface area (Å²) in [5, 5.41) is 6.06. The van der Waals surface area contributed by atoms with Crippen molar-refractivity contribution in [2.24, 2.45) is 0 Å². The molecule has 0 bridgehead atoms. The van der Waals surface area contributed by atoms with Crippen molar-refractivity contribution >= 4 is 11.8 Å². The molecule has 142 valence electrons. The summed E-state index contributed by atoms with van der Waals surface area (Å²) in [4.78, 5) is 39.7. The minimum Gasteiger partial charge on any atom is -0.497 e. The Kier molecular flexibility index (Phi) is 5.85. The molecule has 27 heavy (non-hydrogen) atoms. The molecule has 2 heterocycles. The molecule has 0 aliphatic carbocycles. The third-order valence-corrected chi connectivity index (χ3v) is 4.52. The molecular weight excluding hydrogens is 348 g/mol. The Labute approximate surface area is 156 Å². The lowest BCUT2D eigenvalue weighted by Crippen LogP contribution is -2.38. The predicted octanol–water partition coefficient (Wildman–Crippen LogP) is 0.696. The number of aromatic amines is 1. The molecule has 0 radical (unpaired) electrons. The van der Waals surface area contributed by atoms with E-state index in [1.807, 2.05) is 24.3 Å². The van der Waals surface area contributed by atoms with Gasteiger partial charge in [0.05, 0.1) is 13.5 Å². The molecule has 1 aliphatic heterocycles. The number of ether oxygens (including phenoxy) is 1. The van der Waals surface area contributed by atoms with E-state index in [1.54, 1.807) is 16.9 Å². The quantitative estimate of drug-likeness (QED) is 0.855. The summed E-state index contributed by atoms with van der Waals surface area (Å²) in [6.45, 7) is 2.05. The number of methoxy groups -OCH3 is 1. The van der Waals surface area contributed by atoms with Crippen molar-refractivity contribution in [1.29, 1.82) is 0 Å². The average Bonchev–Trinajstić information content (AvgIpc) is 2.94. The standard InChI is InChI=1S/C19H22N4O4/c1-27-15-5-2-4-14(12-15)13-18(25)22-8-3-9-23(11-10-22)19(26)16-6-7-17(24)21-20-16/h2,4-7,12H,3,8-11,13H2,1H3,(H,21,24). The molecule has 1 fully saturated rings. The number of carbonyl (C=O) groups excluding carboxylic acids is 2. The average molecular weight is 370 g/mol. The maximum absolute atomic E-state index is 12.6. The zero-order valence-corrected chi connectivity index (χ0v) is 15.2. The summed E-state index contributed by atoms with van der Waals surface area (Å²) in [6.07, 6.45) is 0.992. The summed E-state index contributed by atoms with van der Waals surface area (Å²) in [6, 6.07) is 10.2. The van der Waals surface area contributed by atoms with Crippen LogP contribution in [0.4, 0.5) is 0 Å². The van der Waals surface area contributed by atoms with Crippen LogP contribution in [0.15, 0.2) is 41.2 Å². The van der Waals surface area contributed by atoms with E-state index < -0.39 is 0 Å². The van der Waals surface area contributed by atoms with E-state index in [0.29, 0.717) is 39.0 Å². The van der Waals surface area contributed by atoms with Gasteiger partial charge in [-0.25, -0.2) is 5.10 Å². The first kappa shape index (κ1) is 18.6. The maximum Gasteiger partial charge on any atom is 0.274 e. The first-order valence-corrected chi connectivity index (χ1v) is 8.82. The number of nitrogens with zero attached hydrogens (tertiary/aromatic N) is 3. The molecule has 0 saturated carbocycles. The number of rotatable bonds is 4. The first-order valence-electron chi connectivity index (χ1n) is 8.82. The van der Waals surface area contributed by atoms with E-state index in [0.717, 1.165) is 11.3 Å². The maximum atomic E-state index is 12.6. The van der Waals surface area contributed by atoms with Crippen molar-refractivity contribution in [3.05, 3.63) is 58.0 Å². The first-order chi connectivity index (χ1) is 13.1. The number of amides is 2. The van der Waals surface area contributed by atoms with Gasteiger partial charge in [-0.3, -0.25) is 14.4 Å². The number of H-pyrrole nitrogens is 1. The number of aromatic nitrogens is 2. The lowest BCUT2D eigenvalue weighted by Gasteiger charge is -2.22. The summed E-state index contributed by atoms with van der Waals surface area (Å²) in [5.74, 6) is 0.509. The van der Waals surface area contributed by atoms with Crippen molar-refractivity contribution in [3.63, 3.8) is 0 Å². The highest BCUT2D eigenvalue weighted by atomic mass is 16.5. The van der Waals surface area contributed by atoms with Gasteiger partial charge in [0.15, 0.2) is 0 Å². The van der Waals surface area contributed by atoms with Gasteiger partial charge in [-0.15, -0.1) is 0 Å². The van der Waals surface area contributed by atoms with Crippen LogP contribution in [0.2, 0.25) is 0 Å². The van der Waals surface area contributed by atoms with Gasteiger partial charge in [-0.1, -0.05) is 12.1 Å². The summed E-state index contributed by atoms with van der Waals surface area (Å²) in [7, 11) is 1.60. The van der Waals surface area contributed by atoms with E-state index in [2.05, 4.69) is 10.2 Å². The van der Waals surface area contributed by atoms with Gasteiger partial charge in [0.1, 0.15) is 11.4 Å². The molecule has 0 unspecified atom stereocenters. The highest BCUT2D eigenvalue weighted by Gasteiger charge is 2.23. The van der Waals surface area contributed by atoms with Gasteiger partial charge in [-0.2, -0.15) is 5.10 Å². The van der Waals surface area contributed by atoms with Gasteiger partial charge in [-0.05, 0) is 30.2 Å². The molecule has 1 aromatic carbocycles. The highest BCUT2D eigenvalue weighted by molar-refractivity contribution is 5.92. The van der Waals surface area contributed by atoms with E-state index in [4.69, 9.17) is 4.74 Å². The van der Waals surface area contributed by atoms with Crippen LogP contribution in [-0.2, 0) is 11.2 Å². The van der Waals surface area contributed by atoms with Crippen LogP contribution in [-0.4, -0.2) is 65.1 Å². The van der Waals surface area contributed by atoms with Gasteiger partial charge in [0, 0.05) is 32.2 Å². The zero-order chi connectivity index (χ0) is 19.2. The predicted molar refractivity (Wildman–Crippen MR) is 98.7 cm³/mol. The van der Waals surface area contributed by atoms with Crippen molar-refractivity contribution in [1.82, 2.24) is 20.0 Å². The number of carbonyl (C=O) groups is 2. The normalized spacial score (nSPS) is 14.6. The van der Waals surface area contributed by atoms with Crippen LogP contribution in [0, 0.1) is 0 Å². The Morgan fingerprint density at radius 3 is 2.63 bits per heavy atom.